The van der Waals surface area contributed by atoms with Crippen LogP contribution < -0.4 is 11.2 Å². The van der Waals surface area contributed by atoms with Gasteiger partial charge in [0.05, 0.1) is 0 Å². The smallest absolute Gasteiger partial charge is 0.406 e. The van der Waals surface area contributed by atoms with Crippen LogP contribution in [-0.4, -0.2) is 16.0 Å². The highest BCUT2D eigenvalue weighted by atomic mass is 16.4. The lowest BCUT2D eigenvalue weighted by atomic mass is 10.4. The van der Waals surface area contributed by atoms with E-state index in [9.17, 15) is 4.79 Å². The van der Waals surface area contributed by atoms with Gasteiger partial charge in [0, 0.05) is 11.8 Å². The Kier molecular flexibility index (Phi) is 1.16. The van der Waals surface area contributed by atoms with Crippen molar-refractivity contribution in [2.45, 2.75) is 6.92 Å². The third-order valence-electron chi connectivity index (χ3n) is 2.13. The summed E-state index contributed by atoms with van der Waals surface area (Å²) >= 11 is 0. The van der Waals surface area contributed by atoms with Crippen molar-refractivity contribution in [3.63, 3.8) is 0 Å². The molecule has 0 fully saturated rings. The molecule has 0 aliphatic carbocycles. The van der Waals surface area contributed by atoms with Crippen LogP contribution in [0.15, 0.2) is 20.3 Å². The molecule has 70 valence electrons. The molecule has 0 spiro atoms. The predicted molar refractivity (Wildman–Crippen MR) is 50.5 cm³/mol. The Labute approximate surface area is 77.9 Å². The topological polar surface area (TPSA) is 72.4 Å². The minimum Gasteiger partial charge on any atom is -0.406 e. The number of aliphatic imine (C=N–C) groups is 1. The van der Waals surface area contributed by atoms with E-state index in [1.165, 1.54) is 6.34 Å². The van der Waals surface area contributed by atoms with Crippen LogP contribution in [0.4, 0.5) is 5.82 Å². The first-order chi connectivity index (χ1) is 6.75. The summed E-state index contributed by atoms with van der Waals surface area (Å²) in [7, 11) is 0. The molecule has 0 unspecified atom stereocenters. The third kappa shape index (κ3) is 0.769. The monoisotopic (exact) mass is 190 g/mol. The van der Waals surface area contributed by atoms with E-state index in [0.29, 0.717) is 16.9 Å². The summed E-state index contributed by atoms with van der Waals surface area (Å²) in [6.07, 6.45) is 1.49. The van der Waals surface area contributed by atoms with Gasteiger partial charge in [-0.3, -0.25) is 10.1 Å². The fourth-order valence-electron chi connectivity index (χ4n) is 1.56. The number of aryl methyl sites for hydroxylation is 1. The van der Waals surface area contributed by atoms with Crippen LogP contribution >= 0.6 is 0 Å². The van der Waals surface area contributed by atoms with Crippen molar-refractivity contribution in [2.75, 3.05) is 5.43 Å². The molecule has 3 heterocycles. The minimum absolute atomic E-state index is 0.392. The van der Waals surface area contributed by atoms with Crippen LogP contribution in [0.1, 0.15) is 5.69 Å². The third-order valence-corrected chi connectivity index (χ3v) is 2.13. The van der Waals surface area contributed by atoms with Gasteiger partial charge < -0.3 is 4.42 Å². The zero-order valence-electron chi connectivity index (χ0n) is 7.31. The Balaban J connectivity index is 2.60. The fraction of sp³-hybridized carbons (Fsp3) is 0.125. The maximum absolute atomic E-state index is 11.0. The van der Waals surface area contributed by atoms with Crippen molar-refractivity contribution in [1.29, 1.82) is 0 Å². The Morgan fingerprint density at radius 2 is 2.43 bits per heavy atom. The van der Waals surface area contributed by atoms with Gasteiger partial charge in [0.2, 0.25) is 0 Å². The molecule has 2 aromatic heterocycles. The van der Waals surface area contributed by atoms with Crippen LogP contribution in [0.2, 0.25) is 0 Å². The summed E-state index contributed by atoms with van der Waals surface area (Å²) in [6, 6.07) is 1.77. The van der Waals surface area contributed by atoms with E-state index in [4.69, 9.17) is 4.42 Å². The lowest BCUT2D eigenvalue weighted by Crippen LogP contribution is -2.17. The van der Waals surface area contributed by atoms with Gasteiger partial charge in [-0.25, -0.2) is 9.79 Å². The molecule has 1 aliphatic heterocycles. The van der Waals surface area contributed by atoms with E-state index in [0.717, 1.165) is 5.69 Å². The molecule has 1 N–H and O–H groups in total. The molecule has 0 aromatic carbocycles. The first-order valence-electron chi connectivity index (χ1n) is 4.08. The molecule has 0 radical (unpaired) electrons. The second-order valence-corrected chi connectivity index (χ2v) is 3.02. The van der Waals surface area contributed by atoms with Crippen molar-refractivity contribution >= 4 is 23.3 Å². The van der Waals surface area contributed by atoms with E-state index in [-0.39, 0.29) is 0 Å². The second kappa shape index (κ2) is 2.22. The largest absolute Gasteiger partial charge is 0.441 e. The van der Waals surface area contributed by atoms with Gasteiger partial charge in [-0.15, -0.1) is 0 Å². The molecular formula is C8H6N4O2. The maximum atomic E-state index is 11.0. The number of hydrogen-bond donors (Lipinski definition) is 1. The molecule has 2 aromatic rings. The average Bonchev–Trinajstić information content (AvgIpc) is 2.45. The lowest BCUT2D eigenvalue weighted by Gasteiger charge is -2.10. The van der Waals surface area contributed by atoms with Crippen LogP contribution in [-0.2, 0) is 0 Å². The van der Waals surface area contributed by atoms with E-state index in [1.54, 1.807) is 10.7 Å². The predicted octanol–water partition coefficient (Wildman–Crippen LogP) is 0.515. The van der Waals surface area contributed by atoms with Gasteiger partial charge in [0.25, 0.3) is 0 Å². The summed E-state index contributed by atoms with van der Waals surface area (Å²) in [5.74, 6) is -0.230. The zero-order chi connectivity index (χ0) is 9.71. The molecule has 0 saturated heterocycles. The van der Waals surface area contributed by atoms with Crippen LogP contribution in [0.3, 0.4) is 0 Å². The zero-order valence-corrected chi connectivity index (χ0v) is 7.31. The molecule has 3 rings (SSSR count). The lowest BCUT2D eigenvalue weighted by molar-refractivity contribution is 0.532. The Bertz CT molecular complexity index is 608. The highest BCUT2D eigenvalue weighted by molar-refractivity contribution is 5.90. The Hall–Kier alpha value is -2.11. The summed E-state index contributed by atoms with van der Waals surface area (Å²) < 4.78 is 6.71. The van der Waals surface area contributed by atoms with Gasteiger partial charge in [-0.05, 0) is 6.92 Å². The molecular weight excluding hydrogens is 184 g/mol. The highest BCUT2D eigenvalue weighted by Gasteiger charge is 2.16. The highest BCUT2D eigenvalue weighted by Crippen LogP contribution is 2.25. The van der Waals surface area contributed by atoms with Crippen LogP contribution in [0.5, 0.6) is 0 Å². The summed E-state index contributed by atoms with van der Waals surface area (Å²) in [4.78, 5) is 18.6. The quantitative estimate of drug-likeness (QED) is 0.657. The van der Waals surface area contributed by atoms with Gasteiger partial charge in [-0.1, -0.05) is 0 Å². The molecule has 14 heavy (non-hydrogen) atoms. The van der Waals surface area contributed by atoms with Gasteiger partial charge >= 0.3 is 5.76 Å². The Morgan fingerprint density at radius 3 is 3.29 bits per heavy atom. The number of aromatic nitrogens is 2. The molecule has 6 nitrogen and oxygen atoms in total. The number of nitrogens with one attached hydrogen (secondary N) is 1. The van der Waals surface area contributed by atoms with Crippen LogP contribution in [0, 0.1) is 6.92 Å². The van der Waals surface area contributed by atoms with Gasteiger partial charge in [-0.2, -0.15) is 4.98 Å². The summed E-state index contributed by atoms with van der Waals surface area (Å²) in [5.41, 5.74) is 5.05. The van der Waals surface area contributed by atoms with E-state index < -0.39 is 5.76 Å². The van der Waals surface area contributed by atoms with Crippen LogP contribution in [0.25, 0.3) is 11.1 Å². The summed E-state index contributed by atoms with van der Waals surface area (Å²) in [6.45, 7) is 1.90. The first kappa shape index (κ1) is 7.31. The average molecular weight is 190 g/mol. The first-order valence-corrected chi connectivity index (χ1v) is 4.08. The normalized spacial score (nSPS) is 13.2. The Morgan fingerprint density at radius 1 is 1.57 bits per heavy atom. The van der Waals surface area contributed by atoms with Crippen molar-refractivity contribution < 1.29 is 4.42 Å². The van der Waals surface area contributed by atoms with Gasteiger partial charge in [0.15, 0.2) is 16.9 Å². The number of nitrogens with zero attached hydrogens (tertiary/aromatic N) is 3. The van der Waals surface area contributed by atoms with E-state index >= 15 is 0 Å². The van der Waals surface area contributed by atoms with E-state index in [2.05, 4.69) is 15.4 Å². The maximum Gasteiger partial charge on any atom is 0.441 e. The minimum atomic E-state index is -0.622. The summed E-state index contributed by atoms with van der Waals surface area (Å²) in [5, 5.41) is 0. The van der Waals surface area contributed by atoms with Gasteiger partial charge in [0.1, 0.15) is 6.34 Å². The van der Waals surface area contributed by atoms with Crippen molar-refractivity contribution in [1.82, 2.24) is 9.66 Å². The number of rotatable bonds is 0. The fourth-order valence-corrected chi connectivity index (χ4v) is 1.56. The molecule has 6 heteroatoms. The molecule has 1 aliphatic rings. The van der Waals surface area contributed by atoms with Crippen molar-refractivity contribution in [2.24, 2.45) is 4.99 Å². The SMILES string of the molecule is Cc1cc2oc(=O)nc3c2n1NC=N3. The molecule has 0 atom stereocenters. The van der Waals surface area contributed by atoms with Crippen molar-refractivity contribution in [3.05, 3.63) is 22.3 Å². The molecule has 0 saturated carbocycles. The van der Waals surface area contributed by atoms with E-state index in [1.807, 2.05) is 6.92 Å². The molecule has 0 bridgehead atoms. The van der Waals surface area contributed by atoms with Crippen molar-refractivity contribution in [3.8, 4) is 0 Å². The number of hydrogen-bond acceptors (Lipinski definition) is 5. The standard InChI is InChI=1S/C8H6N4O2/c1-4-2-5-6-7(11-8(13)14-5)9-3-10-12(4)6/h2-3H,1H3,(H,9,10,11,13). The molecule has 0 amide bonds. The second-order valence-electron chi connectivity index (χ2n) is 3.02.